The molecule has 0 atom stereocenters. The maximum absolute atomic E-state index is 4.18. The molecule has 1 aromatic rings. The van der Waals surface area contributed by atoms with Gasteiger partial charge in [0.05, 0.1) is 6.20 Å². The topological polar surface area (TPSA) is 29.9 Å². The summed E-state index contributed by atoms with van der Waals surface area (Å²) in [6, 6.07) is 0. The maximum atomic E-state index is 4.18. The van der Waals surface area contributed by atoms with Gasteiger partial charge in [0.15, 0.2) is 0 Å². The van der Waals surface area contributed by atoms with E-state index < -0.39 is 0 Å². The highest BCUT2D eigenvalue weighted by Gasteiger charge is 2.16. The van der Waals surface area contributed by atoms with Gasteiger partial charge in [0, 0.05) is 19.8 Å². The molecule has 3 nitrogen and oxygen atoms in total. The van der Waals surface area contributed by atoms with Crippen LogP contribution in [0.2, 0.25) is 0 Å². The highest BCUT2D eigenvalue weighted by molar-refractivity contribution is 5.04. The molecular weight excluding hydrogens is 186 g/mol. The van der Waals surface area contributed by atoms with Gasteiger partial charge in [0.25, 0.3) is 0 Å². The van der Waals surface area contributed by atoms with E-state index in [9.17, 15) is 0 Å². The van der Waals surface area contributed by atoms with Crippen LogP contribution in [0, 0.1) is 5.41 Å². The number of aromatic nitrogens is 2. The van der Waals surface area contributed by atoms with Crippen molar-refractivity contribution < 1.29 is 0 Å². The number of rotatable bonds is 6. The van der Waals surface area contributed by atoms with Gasteiger partial charge in [-0.15, -0.1) is 0 Å². The van der Waals surface area contributed by atoms with E-state index in [2.05, 4.69) is 37.4 Å². The van der Waals surface area contributed by atoms with E-state index >= 15 is 0 Å². The molecule has 0 saturated carbocycles. The fraction of sp³-hybridized carbons (Fsp3) is 0.750. The predicted molar refractivity (Wildman–Crippen MR) is 63.9 cm³/mol. The van der Waals surface area contributed by atoms with Crippen LogP contribution in [0.3, 0.4) is 0 Å². The second-order valence-electron chi connectivity index (χ2n) is 4.97. The Bertz CT molecular complexity index is 289. The number of hydrogen-bond donors (Lipinski definition) is 1. The molecule has 0 aliphatic carbocycles. The van der Waals surface area contributed by atoms with Crippen molar-refractivity contribution >= 4 is 0 Å². The molecule has 0 saturated heterocycles. The Morgan fingerprint density at radius 2 is 2.20 bits per heavy atom. The minimum absolute atomic E-state index is 0.367. The minimum Gasteiger partial charge on any atom is -0.316 e. The van der Waals surface area contributed by atoms with E-state index in [0.29, 0.717) is 5.41 Å². The van der Waals surface area contributed by atoms with E-state index in [1.54, 1.807) is 0 Å². The van der Waals surface area contributed by atoms with Crippen molar-refractivity contribution in [1.82, 2.24) is 15.1 Å². The highest BCUT2D eigenvalue weighted by atomic mass is 15.2. The molecule has 0 bridgehead atoms. The van der Waals surface area contributed by atoms with Gasteiger partial charge in [0.2, 0.25) is 0 Å². The Hall–Kier alpha value is -0.830. The highest BCUT2D eigenvalue weighted by Crippen LogP contribution is 2.21. The molecule has 1 heterocycles. The zero-order chi connectivity index (χ0) is 11.3. The van der Waals surface area contributed by atoms with Crippen LogP contribution in [-0.2, 0) is 13.5 Å². The minimum atomic E-state index is 0.367. The average molecular weight is 209 g/mol. The SMILES string of the molecule is CCNCC(C)(C)CCc1cnn(C)c1. The molecule has 0 radical (unpaired) electrons. The fourth-order valence-electron chi connectivity index (χ4n) is 1.64. The summed E-state index contributed by atoms with van der Waals surface area (Å²) in [6.45, 7) is 8.91. The van der Waals surface area contributed by atoms with E-state index in [1.165, 1.54) is 12.0 Å². The lowest BCUT2D eigenvalue weighted by atomic mass is 9.86. The average Bonchev–Trinajstić information content (AvgIpc) is 2.59. The summed E-state index contributed by atoms with van der Waals surface area (Å²) >= 11 is 0. The third-order valence-electron chi connectivity index (χ3n) is 2.70. The Labute approximate surface area is 92.9 Å². The molecule has 3 heteroatoms. The summed E-state index contributed by atoms with van der Waals surface area (Å²) in [7, 11) is 1.97. The lowest BCUT2D eigenvalue weighted by Crippen LogP contribution is -2.29. The molecular formula is C12H23N3. The molecule has 1 rings (SSSR count). The monoisotopic (exact) mass is 209 g/mol. The largest absolute Gasteiger partial charge is 0.316 e. The summed E-state index contributed by atoms with van der Waals surface area (Å²) in [4.78, 5) is 0. The normalized spacial score (nSPS) is 12.0. The number of nitrogens with zero attached hydrogens (tertiary/aromatic N) is 2. The number of hydrogen-bond acceptors (Lipinski definition) is 2. The molecule has 15 heavy (non-hydrogen) atoms. The zero-order valence-corrected chi connectivity index (χ0v) is 10.4. The van der Waals surface area contributed by atoms with Crippen molar-refractivity contribution in [1.29, 1.82) is 0 Å². The molecule has 0 aliphatic rings. The number of nitrogens with one attached hydrogen (secondary N) is 1. The lowest BCUT2D eigenvalue weighted by Gasteiger charge is -2.24. The predicted octanol–water partition coefficient (Wildman–Crippen LogP) is 1.99. The first-order valence-corrected chi connectivity index (χ1v) is 5.72. The molecule has 0 unspecified atom stereocenters. The summed E-state index contributed by atoms with van der Waals surface area (Å²) < 4.78 is 1.87. The van der Waals surface area contributed by atoms with Crippen molar-refractivity contribution in [3.63, 3.8) is 0 Å². The third-order valence-corrected chi connectivity index (χ3v) is 2.70. The van der Waals surface area contributed by atoms with Crippen molar-refractivity contribution in [2.45, 2.75) is 33.6 Å². The van der Waals surface area contributed by atoms with Gasteiger partial charge in [-0.25, -0.2) is 0 Å². The second kappa shape index (κ2) is 5.31. The van der Waals surface area contributed by atoms with Crippen LogP contribution in [0.15, 0.2) is 12.4 Å². The summed E-state index contributed by atoms with van der Waals surface area (Å²) in [5.74, 6) is 0. The second-order valence-corrected chi connectivity index (χ2v) is 4.97. The van der Waals surface area contributed by atoms with Gasteiger partial charge in [-0.05, 0) is 30.4 Å². The van der Waals surface area contributed by atoms with Gasteiger partial charge in [0.1, 0.15) is 0 Å². The Balaban J connectivity index is 2.35. The zero-order valence-electron chi connectivity index (χ0n) is 10.4. The van der Waals surface area contributed by atoms with E-state index in [4.69, 9.17) is 0 Å². The van der Waals surface area contributed by atoms with Gasteiger partial charge in [-0.1, -0.05) is 20.8 Å². The first-order chi connectivity index (χ1) is 7.03. The number of aryl methyl sites for hydroxylation is 2. The van der Waals surface area contributed by atoms with Crippen molar-refractivity contribution in [2.24, 2.45) is 12.5 Å². The third kappa shape index (κ3) is 4.47. The summed E-state index contributed by atoms with van der Waals surface area (Å²) in [6.07, 6.45) is 6.38. The van der Waals surface area contributed by atoms with E-state index in [-0.39, 0.29) is 0 Å². The standard InChI is InChI=1S/C12H23N3/c1-5-13-10-12(2,3)7-6-11-8-14-15(4)9-11/h8-9,13H,5-7,10H2,1-4H3. The van der Waals surface area contributed by atoms with Crippen LogP contribution in [0.1, 0.15) is 32.8 Å². The summed E-state index contributed by atoms with van der Waals surface area (Å²) in [5.41, 5.74) is 1.70. The Morgan fingerprint density at radius 3 is 2.73 bits per heavy atom. The maximum Gasteiger partial charge on any atom is 0.0521 e. The van der Waals surface area contributed by atoms with Crippen LogP contribution in [0.4, 0.5) is 0 Å². The molecule has 86 valence electrons. The molecule has 1 aromatic heterocycles. The van der Waals surface area contributed by atoms with Gasteiger partial charge >= 0.3 is 0 Å². The van der Waals surface area contributed by atoms with Gasteiger partial charge < -0.3 is 5.32 Å². The van der Waals surface area contributed by atoms with Crippen LogP contribution in [-0.4, -0.2) is 22.9 Å². The van der Waals surface area contributed by atoms with Gasteiger partial charge in [-0.3, -0.25) is 4.68 Å². The first-order valence-electron chi connectivity index (χ1n) is 5.72. The molecule has 0 aliphatic heterocycles. The first kappa shape index (κ1) is 12.2. The van der Waals surface area contributed by atoms with Crippen molar-refractivity contribution in [3.8, 4) is 0 Å². The molecule has 0 spiro atoms. The van der Waals surface area contributed by atoms with Crippen LogP contribution in [0.25, 0.3) is 0 Å². The molecule has 0 aromatic carbocycles. The van der Waals surface area contributed by atoms with Crippen LogP contribution in [0.5, 0.6) is 0 Å². The van der Waals surface area contributed by atoms with E-state index in [1.807, 2.05) is 17.9 Å². The fourth-order valence-corrected chi connectivity index (χ4v) is 1.64. The van der Waals surface area contributed by atoms with Crippen LogP contribution >= 0.6 is 0 Å². The van der Waals surface area contributed by atoms with E-state index in [0.717, 1.165) is 19.5 Å². The molecule has 0 amide bonds. The Kier molecular flexibility index (Phi) is 4.33. The van der Waals surface area contributed by atoms with Crippen LogP contribution < -0.4 is 5.32 Å². The Morgan fingerprint density at radius 1 is 1.47 bits per heavy atom. The van der Waals surface area contributed by atoms with Gasteiger partial charge in [-0.2, -0.15) is 5.10 Å². The quantitative estimate of drug-likeness (QED) is 0.776. The summed E-state index contributed by atoms with van der Waals surface area (Å²) in [5, 5.41) is 7.59. The smallest absolute Gasteiger partial charge is 0.0521 e. The molecule has 1 N–H and O–H groups in total. The van der Waals surface area contributed by atoms with Crippen molar-refractivity contribution in [3.05, 3.63) is 18.0 Å². The lowest BCUT2D eigenvalue weighted by molar-refractivity contribution is 0.318. The van der Waals surface area contributed by atoms with Crippen molar-refractivity contribution in [2.75, 3.05) is 13.1 Å². The molecule has 0 fully saturated rings.